The van der Waals surface area contributed by atoms with Crippen molar-refractivity contribution in [3.8, 4) is 5.75 Å². The molecule has 0 unspecified atom stereocenters. The first kappa shape index (κ1) is 18.2. The molecule has 3 rings (SSSR count). The van der Waals surface area contributed by atoms with Gasteiger partial charge >= 0.3 is 5.97 Å². The number of hydrogen-bond donors (Lipinski definition) is 1. The van der Waals surface area contributed by atoms with Gasteiger partial charge in [-0.1, -0.05) is 66.7 Å². The Labute approximate surface area is 157 Å². The molecule has 0 aliphatic carbocycles. The molecule has 0 aliphatic rings. The molecule has 5 heteroatoms. The highest BCUT2D eigenvalue weighted by atomic mass is 16.5. The van der Waals surface area contributed by atoms with Gasteiger partial charge in [-0.3, -0.25) is 4.79 Å². The van der Waals surface area contributed by atoms with Gasteiger partial charge in [0.1, 0.15) is 18.8 Å². The van der Waals surface area contributed by atoms with Gasteiger partial charge in [-0.2, -0.15) is 0 Å². The van der Waals surface area contributed by atoms with E-state index < -0.39 is 5.97 Å². The Balaban J connectivity index is 1.79. The average molecular weight is 361 g/mol. The monoisotopic (exact) mass is 361 g/mol. The number of rotatable bonds is 8. The minimum atomic E-state index is -0.517. The van der Waals surface area contributed by atoms with Crippen molar-refractivity contribution in [1.82, 2.24) is 0 Å². The number of hydrogen-bond acceptors (Lipinski definition) is 4. The molecule has 0 heterocycles. The van der Waals surface area contributed by atoms with Crippen molar-refractivity contribution in [2.45, 2.75) is 13.2 Å². The Morgan fingerprint density at radius 2 is 1.44 bits per heavy atom. The second-order valence-corrected chi connectivity index (χ2v) is 5.78. The van der Waals surface area contributed by atoms with E-state index in [0.29, 0.717) is 12.1 Å². The van der Waals surface area contributed by atoms with Crippen LogP contribution in [0.25, 0.3) is 0 Å². The Morgan fingerprint density at radius 3 is 2.07 bits per heavy atom. The number of benzene rings is 3. The summed E-state index contributed by atoms with van der Waals surface area (Å²) in [4.78, 5) is 23.5. The Hall–Kier alpha value is -3.60. The highest BCUT2D eigenvalue weighted by Gasteiger charge is 2.18. The van der Waals surface area contributed by atoms with Crippen molar-refractivity contribution in [3.05, 3.63) is 95.6 Å². The maximum atomic E-state index is 12.6. The lowest BCUT2D eigenvalue weighted by Crippen LogP contribution is -2.10. The van der Waals surface area contributed by atoms with E-state index in [1.165, 1.54) is 0 Å². The summed E-state index contributed by atoms with van der Waals surface area (Å²) in [7, 11) is 0. The van der Waals surface area contributed by atoms with Crippen molar-refractivity contribution in [3.63, 3.8) is 0 Å². The molecule has 0 spiro atoms. The summed E-state index contributed by atoms with van der Waals surface area (Å²) in [6.07, 6.45) is 0.545. The van der Waals surface area contributed by atoms with Crippen LogP contribution in [0.2, 0.25) is 0 Å². The molecule has 0 aromatic heterocycles. The number of ether oxygens (including phenoxy) is 2. The maximum Gasteiger partial charge on any atom is 0.342 e. The van der Waals surface area contributed by atoms with E-state index in [0.717, 1.165) is 11.1 Å². The number of anilines is 1. The van der Waals surface area contributed by atoms with Crippen LogP contribution in [0.4, 0.5) is 5.69 Å². The van der Waals surface area contributed by atoms with E-state index in [-0.39, 0.29) is 24.5 Å². The molecule has 1 amide bonds. The molecular formula is C22H19NO4. The van der Waals surface area contributed by atoms with E-state index in [9.17, 15) is 9.59 Å². The number of nitrogens with one attached hydrogen (secondary N) is 1. The third kappa shape index (κ3) is 4.95. The fraction of sp³-hybridized carbons (Fsp3) is 0.0909. The highest BCUT2D eigenvalue weighted by Crippen LogP contribution is 2.30. The summed E-state index contributed by atoms with van der Waals surface area (Å²) in [5.74, 6) is -0.233. The molecule has 3 aromatic rings. The van der Waals surface area contributed by atoms with Crippen LogP contribution in [0.1, 0.15) is 21.5 Å². The lowest BCUT2D eigenvalue weighted by molar-refractivity contribution is -0.105. The Kier molecular flexibility index (Phi) is 6.20. The van der Waals surface area contributed by atoms with Gasteiger partial charge < -0.3 is 14.8 Å². The smallest absolute Gasteiger partial charge is 0.342 e. The van der Waals surface area contributed by atoms with E-state index in [1.807, 2.05) is 60.7 Å². The number of carbonyl (C=O) groups is 2. The fourth-order valence-corrected chi connectivity index (χ4v) is 2.56. The van der Waals surface area contributed by atoms with Crippen LogP contribution in [0.5, 0.6) is 5.75 Å². The molecule has 27 heavy (non-hydrogen) atoms. The molecular weight excluding hydrogens is 342 g/mol. The van der Waals surface area contributed by atoms with E-state index >= 15 is 0 Å². The topological polar surface area (TPSA) is 64.6 Å². The van der Waals surface area contributed by atoms with Crippen LogP contribution >= 0.6 is 0 Å². The van der Waals surface area contributed by atoms with Crippen molar-refractivity contribution < 1.29 is 19.1 Å². The van der Waals surface area contributed by atoms with Gasteiger partial charge in [0.25, 0.3) is 0 Å². The van der Waals surface area contributed by atoms with Crippen LogP contribution in [-0.4, -0.2) is 12.4 Å². The second kappa shape index (κ2) is 9.20. The number of para-hydroxylation sites is 1. The predicted molar refractivity (Wildman–Crippen MR) is 102 cm³/mol. The largest absolute Gasteiger partial charge is 0.486 e. The zero-order chi connectivity index (χ0) is 18.9. The first-order chi connectivity index (χ1) is 13.3. The standard InChI is InChI=1S/C22H19NO4/c24-16-23-20-13-7-12-19(21(20)26-14-17-8-3-1-4-9-17)22(25)27-15-18-10-5-2-6-11-18/h1-13,16H,14-15H2,(H,23,24). The van der Waals surface area contributed by atoms with Crippen LogP contribution in [0.3, 0.4) is 0 Å². The summed E-state index contributed by atoms with van der Waals surface area (Å²) in [5.41, 5.74) is 2.51. The summed E-state index contributed by atoms with van der Waals surface area (Å²) in [5, 5.41) is 2.57. The third-order valence-corrected chi connectivity index (χ3v) is 3.89. The lowest BCUT2D eigenvalue weighted by Gasteiger charge is -2.15. The molecule has 0 saturated heterocycles. The van der Waals surface area contributed by atoms with E-state index in [2.05, 4.69) is 5.32 Å². The first-order valence-corrected chi connectivity index (χ1v) is 8.49. The summed E-state index contributed by atoms with van der Waals surface area (Å²) in [6, 6.07) is 23.9. The van der Waals surface area contributed by atoms with Crippen molar-refractivity contribution in [2.75, 3.05) is 5.32 Å². The predicted octanol–water partition coefficient (Wildman–Crippen LogP) is 4.19. The minimum absolute atomic E-state index is 0.156. The molecule has 0 fully saturated rings. The zero-order valence-electron chi connectivity index (χ0n) is 14.6. The quantitative estimate of drug-likeness (QED) is 0.483. The SMILES string of the molecule is O=CNc1cccc(C(=O)OCc2ccccc2)c1OCc1ccccc1. The highest BCUT2D eigenvalue weighted by molar-refractivity contribution is 5.96. The van der Waals surface area contributed by atoms with Crippen LogP contribution in [0.15, 0.2) is 78.9 Å². The minimum Gasteiger partial charge on any atom is -0.486 e. The molecule has 0 atom stereocenters. The van der Waals surface area contributed by atoms with Crippen LogP contribution < -0.4 is 10.1 Å². The van der Waals surface area contributed by atoms with Crippen molar-refractivity contribution in [2.24, 2.45) is 0 Å². The zero-order valence-corrected chi connectivity index (χ0v) is 14.6. The van der Waals surface area contributed by atoms with Crippen molar-refractivity contribution in [1.29, 1.82) is 0 Å². The molecule has 1 N–H and O–H groups in total. The average Bonchev–Trinajstić information content (AvgIpc) is 2.72. The molecule has 0 aliphatic heterocycles. The summed E-state index contributed by atoms with van der Waals surface area (Å²) >= 11 is 0. The number of carbonyl (C=O) groups excluding carboxylic acids is 2. The van der Waals surface area contributed by atoms with Gasteiger partial charge in [-0.05, 0) is 23.3 Å². The van der Waals surface area contributed by atoms with E-state index in [1.54, 1.807) is 18.2 Å². The van der Waals surface area contributed by atoms with Gasteiger partial charge in [0.2, 0.25) is 6.41 Å². The molecule has 0 radical (unpaired) electrons. The number of amides is 1. The third-order valence-electron chi connectivity index (χ3n) is 3.89. The van der Waals surface area contributed by atoms with Gasteiger partial charge in [-0.25, -0.2) is 4.79 Å². The summed E-state index contributed by atoms with van der Waals surface area (Å²) in [6.45, 7) is 0.417. The molecule has 136 valence electrons. The number of esters is 1. The van der Waals surface area contributed by atoms with Gasteiger partial charge in [-0.15, -0.1) is 0 Å². The molecule has 5 nitrogen and oxygen atoms in total. The van der Waals surface area contributed by atoms with Crippen LogP contribution in [-0.2, 0) is 22.7 Å². The second-order valence-electron chi connectivity index (χ2n) is 5.78. The normalized spacial score (nSPS) is 10.1. The molecule has 3 aromatic carbocycles. The lowest BCUT2D eigenvalue weighted by atomic mass is 10.1. The summed E-state index contributed by atoms with van der Waals surface area (Å²) < 4.78 is 11.3. The molecule has 0 saturated carbocycles. The molecule has 0 bridgehead atoms. The fourth-order valence-electron chi connectivity index (χ4n) is 2.56. The maximum absolute atomic E-state index is 12.6. The first-order valence-electron chi connectivity index (χ1n) is 8.49. The van der Waals surface area contributed by atoms with Gasteiger partial charge in [0, 0.05) is 0 Å². The van der Waals surface area contributed by atoms with Crippen molar-refractivity contribution >= 4 is 18.1 Å². The Morgan fingerprint density at radius 1 is 0.815 bits per heavy atom. The van der Waals surface area contributed by atoms with Gasteiger partial charge in [0.05, 0.1) is 5.69 Å². The van der Waals surface area contributed by atoms with Gasteiger partial charge in [0.15, 0.2) is 5.75 Å². The van der Waals surface area contributed by atoms with Crippen LogP contribution in [0, 0.1) is 0 Å². The Bertz CT molecular complexity index is 895. The van der Waals surface area contributed by atoms with E-state index in [4.69, 9.17) is 9.47 Å².